The monoisotopic (exact) mass is 428 g/mol. The summed E-state index contributed by atoms with van der Waals surface area (Å²) in [6.07, 6.45) is 3.46. The number of amides is 2. The Morgan fingerprint density at radius 1 is 0.933 bits per heavy atom. The normalized spacial score (nSPS) is 11.7. The lowest BCUT2D eigenvalue weighted by Crippen LogP contribution is -2.49. The first-order valence-corrected chi connectivity index (χ1v) is 11.3. The predicted octanol–water partition coefficient (Wildman–Crippen LogP) is 5.17. The summed E-state index contributed by atoms with van der Waals surface area (Å²) in [7, 11) is 0. The zero-order valence-electron chi connectivity index (χ0n) is 18.3. The second kappa shape index (κ2) is 12.4. The molecule has 0 radical (unpaired) electrons. The first-order valence-electron chi connectivity index (χ1n) is 10.9. The number of hydrogen-bond donors (Lipinski definition) is 1. The molecule has 4 nitrogen and oxygen atoms in total. The van der Waals surface area contributed by atoms with Gasteiger partial charge < -0.3 is 10.2 Å². The van der Waals surface area contributed by atoms with Gasteiger partial charge in [-0.2, -0.15) is 0 Å². The van der Waals surface area contributed by atoms with E-state index in [0.29, 0.717) is 37.4 Å². The zero-order chi connectivity index (χ0) is 21.9. The van der Waals surface area contributed by atoms with Crippen LogP contribution in [0.25, 0.3) is 0 Å². The number of carbonyl (C=O) groups is 2. The molecule has 162 valence electrons. The van der Waals surface area contributed by atoms with E-state index in [0.717, 1.165) is 24.0 Å². The molecular weight excluding hydrogens is 396 g/mol. The maximum absolute atomic E-state index is 13.2. The van der Waals surface area contributed by atoms with Gasteiger partial charge in [0.25, 0.3) is 0 Å². The molecule has 2 aromatic carbocycles. The Labute approximate surface area is 185 Å². The van der Waals surface area contributed by atoms with Crippen molar-refractivity contribution in [2.24, 2.45) is 0 Å². The Bertz CT molecular complexity index is 803. The molecule has 1 atom stereocenters. The summed E-state index contributed by atoms with van der Waals surface area (Å²) in [6.45, 7) is 7.09. The van der Waals surface area contributed by atoms with Gasteiger partial charge in [0.05, 0.1) is 0 Å². The van der Waals surface area contributed by atoms with Crippen molar-refractivity contribution in [2.45, 2.75) is 65.5 Å². The molecule has 1 unspecified atom stereocenters. The van der Waals surface area contributed by atoms with Crippen LogP contribution in [-0.2, 0) is 29.0 Å². The molecule has 1 N–H and O–H groups in total. The molecule has 0 saturated heterocycles. The SMILES string of the molecule is CCCNC(=O)C(CC)N(Cc1ccc(Cl)cc1)C(=O)CCc1ccc(CC)cc1. The minimum atomic E-state index is -0.484. The minimum absolute atomic E-state index is 0.0111. The molecule has 0 spiro atoms. The number of carbonyl (C=O) groups excluding carboxylic acids is 2. The zero-order valence-corrected chi connectivity index (χ0v) is 19.0. The van der Waals surface area contributed by atoms with Gasteiger partial charge in [0.2, 0.25) is 11.8 Å². The molecule has 0 saturated carbocycles. The van der Waals surface area contributed by atoms with Crippen LogP contribution in [-0.4, -0.2) is 29.3 Å². The van der Waals surface area contributed by atoms with Crippen LogP contribution in [0.2, 0.25) is 5.02 Å². The lowest BCUT2D eigenvalue weighted by atomic mass is 10.0. The summed E-state index contributed by atoms with van der Waals surface area (Å²) < 4.78 is 0. The Morgan fingerprint density at radius 3 is 2.10 bits per heavy atom. The Morgan fingerprint density at radius 2 is 1.53 bits per heavy atom. The van der Waals surface area contributed by atoms with Crippen LogP contribution in [0.5, 0.6) is 0 Å². The van der Waals surface area contributed by atoms with E-state index in [1.54, 1.807) is 4.90 Å². The molecule has 0 aliphatic rings. The molecule has 2 aromatic rings. The molecule has 0 aliphatic heterocycles. The average molecular weight is 429 g/mol. The maximum atomic E-state index is 13.2. The van der Waals surface area contributed by atoms with E-state index in [9.17, 15) is 9.59 Å². The van der Waals surface area contributed by atoms with E-state index in [1.165, 1.54) is 5.56 Å². The van der Waals surface area contributed by atoms with E-state index in [2.05, 4.69) is 36.5 Å². The number of hydrogen-bond acceptors (Lipinski definition) is 2. The third-order valence-corrected chi connectivity index (χ3v) is 5.51. The highest BCUT2D eigenvalue weighted by atomic mass is 35.5. The van der Waals surface area contributed by atoms with Gasteiger partial charge in [0.15, 0.2) is 0 Å². The highest BCUT2D eigenvalue weighted by Gasteiger charge is 2.28. The van der Waals surface area contributed by atoms with Crippen molar-refractivity contribution in [3.8, 4) is 0 Å². The van der Waals surface area contributed by atoms with Crippen molar-refractivity contribution in [3.05, 3.63) is 70.2 Å². The van der Waals surface area contributed by atoms with E-state index in [4.69, 9.17) is 11.6 Å². The van der Waals surface area contributed by atoms with Crippen molar-refractivity contribution < 1.29 is 9.59 Å². The summed E-state index contributed by atoms with van der Waals surface area (Å²) in [5.74, 6) is -0.100. The fourth-order valence-corrected chi connectivity index (χ4v) is 3.53. The van der Waals surface area contributed by atoms with Gasteiger partial charge in [0, 0.05) is 24.5 Å². The number of rotatable bonds is 11. The molecule has 0 bridgehead atoms. The Kier molecular flexibility index (Phi) is 9.88. The molecule has 0 aliphatic carbocycles. The van der Waals surface area contributed by atoms with E-state index in [1.807, 2.05) is 38.1 Å². The van der Waals surface area contributed by atoms with Crippen LogP contribution in [0.4, 0.5) is 0 Å². The summed E-state index contributed by atoms with van der Waals surface area (Å²) in [6, 6.07) is 15.3. The summed E-state index contributed by atoms with van der Waals surface area (Å²) in [5, 5.41) is 3.60. The highest BCUT2D eigenvalue weighted by molar-refractivity contribution is 6.30. The van der Waals surface area contributed by atoms with Gasteiger partial charge in [0.1, 0.15) is 6.04 Å². The van der Waals surface area contributed by atoms with Crippen molar-refractivity contribution in [3.63, 3.8) is 0 Å². The first-order chi connectivity index (χ1) is 14.5. The average Bonchev–Trinajstić information content (AvgIpc) is 2.77. The molecule has 0 heterocycles. The molecule has 30 heavy (non-hydrogen) atoms. The van der Waals surface area contributed by atoms with Crippen molar-refractivity contribution in [2.75, 3.05) is 6.54 Å². The lowest BCUT2D eigenvalue weighted by molar-refractivity contribution is -0.141. The standard InChI is InChI=1S/C25H33ClN2O2/c1-4-17-27-25(30)23(6-3)28(18-21-11-14-22(26)15-12-21)24(29)16-13-20-9-7-19(5-2)8-10-20/h7-12,14-15,23H,4-6,13,16-18H2,1-3H3,(H,27,30). The van der Waals surface area contributed by atoms with Gasteiger partial charge in [-0.25, -0.2) is 0 Å². The lowest BCUT2D eigenvalue weighted by Gasteiger charge is -2.30. The molecule has 0 aromatic heterocycles. The van der Waals surface area contributed by atoms with Crippen molar-refractivity contribution in [1.82, 2.24) is 10.2 Å². The van der Waals surface area contributed by atoms with Crippen molar-refractivity contribution in [1.29, 1.82) is 0 Å². The van der Waals surface area contributed by atoms with Gasteiger partial charge in [-0.15, -0.1) is 0 Å². The quantitative estimate of drug-likeness (QED) is 0.536. The Hall–Kier alpha value is -2.33. The largest absolute Gasteiger partial charge is 0.354 e. The summed E-state index contributed by atoms with van der Waals surface area (Å²) in [5.41, 5.74) is 3.38. The molecule has 2 amide bonds. The second-order valence-electron chi connectivity index (χ2n) is 7.53. The fourth-order valence-electron chi connectivity index (χ4n) is 3.41. The molecular formula is C25H33ClN2O2. The second-order valence-corrected chi connectivity index (χ2v) is 7.97. The van der Waals surface area contributed by atoms with Crippen LogP contribution in [0.15, 0.2) is 48.5 Å². The smallest absolute Gasteiger partial charge is 0.242 e. The summed E-state index contributed by atoms with van der Waals surface area (Å²) >= 11 is 6.00. The molecule has 2 rings (SSSR count). The minimum Gasteiger partial charge on any atom is -0.354 e. The first kappa shape index (κ1) is 23.9. The summed E-state index contributed by atoms with van der Waals surface area (Å²) in [4.78, 5) is 27.7. The predicted molar refractivity (Wildman–Crippen MR) is 124 cm³/mol. The number of benzene rings is 2. The highest BCUT2D eigenvalue weighted by Crippen LogP contribution is 2.17. The van der Waals surface area contributed by atoms with Gasteiger partial charge in [-0.1, -0.05) is 68.8 Å². The number of nitrogens with one attached hydrogen (secondary N) is 1. The third-order valence-electron chi connectivity index (χ3n) is 5.26. The Balaban J connectivity index is 2.15. The fraction of sp³-hybridized carbons (Fsp3) is 0.440. The van der Waals surface area contributed by atoms with E-state index < -0.39 is 6.04 Å². The van der Waals surface area contributed by atoms with Gasteiger partial charge in [-0.3, -0.25) is 9.59 Å². The van der Waals surface area contributed by atoms with Crippen LogP contribution in [0.3, 0.4) is 0 Å². The maximum Gasteiger partial charge on any atom is 0.242 e. The van der Waals surface area contributed by atoms with Crippen LogP contribution in [0.1, 0.15) is 56.7 Å². The topological polar surface area (TPSA) is 49.4 Å². The van der Waals surface area contributed by atoms with E-state index in [-0.39, 0.29) is 11.8 Å². The molecule has 5 heteroatoms. The van der Waals surface area contributed by atoms with Crippen LogP contribution < -0.4 is 5.32 Å². The number of aryl methyl sites for hydroxylation is 2. The number of nitrogens with zero attached hydrogens (tertiary/aromatic N) is 1. The molecule has 0 fully saturated rings. The van der Waals surface area contributed by atoms with Gasteiger partial charge >= 0.3 is 0 Å². The number of halogens is 1. The van der Waals surface area contributed by atoms with Gasteiger partial charge in [-0.05, 0) is 54.5 Å². The van der Waals surface area contributed by atoms with Crippen molar-refractivity contribution >= 4 is 23.4 Å². The third kappa shape index (κ3) is 7.17. The van der Waals surface area contributed by atoms with Crippen LogP contribution in [0, 0.1) is 0 Å². The van der Waals surface area contributed by atoms with E-state index >= 15 is 0 Å². The van der Waals surface area contributed by atoms with Crippen LogP contribution >= 0.6 is 11.6 Å².